The molecule has 6 heteroatoms. The molecule has 0 fully saturated rings. The minimum atomic E-state index is -0.337. The van der Waals surface area contributed by atoms with Crippen molar-refractivity contribution < 1.29 is 9.53 Å². The van der Waals surface area contributed by atoms with Gasteiger partial charge in [0.15, 0.2) is 0 Å². The Morgan fingerprint density at radius 2 is 2.21 bits per heavy atom. The molecule has 0 saturated heterocycles. The lowest BCUT2D eigenvalue weighted by Gasteiger charge is -1.95. The monoisotopic (exact) mass is 273 g/mol. The highest BCUT2D eigenvalue weighted by atomic mass is 32.1. The number of ether oxygens (including phenoxy) is 1. The molecule has 1 aromatic carbocycles. The number of esters is 1. The molecule has 0 unspecified atom stereocenters. The van der Waals surface area contributed by atoms with Crippen LogP contribution < -0.4 is 5.73 Å². The number of fused-ring (bicyclic) bond motifs is 1. The number of nitrogens with zero attached hydrogens (tertiary/aromatic N) is 1. The Morgan fingerprint density at radius 3 is 3.00 bits per heavy atom. The third-order valence-electron chi connectivity index (χ3n) is 2.81. The maximum absolute atomic E-state index is 11.5. The molecule has 3 N–H and O–H groups in total. The quantitative estimate of drug-likeness (QED) is 0.555. The smallest absolute Gasteiger partial charge is 0.348 e. The molecule has 0 atom stereocenters. The van der Waals surface area contributed by atoms with E-state index in [0.29, 0.717) is 10.6 Å². The molecule has 0 radical (unpaired) electrons. The van der Waals surface area contributed by atoms with Crippen LogP contribution in [0.25, 0.3) is 21.5 Å². The number of hydrogen-bond acceptors (Lipinski definition) is 5. The summed E-state index contributed by atoms with van der Waals surface area (Å²) in [5.74, 6) is -0.337. The standard InChI is InChI=1S/C13H11N3O2S/c1-18-13(17)11-5-4-10(19-11)12-8-6-7(14)2-3-9(8)15-16-12/h2-6H,14H2,1H3,(H,15,16). The molecule has 19 heavy (non-hydrogen) atoms. The number of benzene rings is 1. The Labute approximate surface area is 113 Å². The van der Waals surface area contributed by atoms with Crippen LogP contribution in [0, 0.1) is 0 Å². The van der Waals surface area contributed by atoms with Crippen LogP contribution >= 0.6 is 11.3 Å². The first-order valence-corrected chi connectivity index (χ1v) is 6.43. The maximum atomic E-state index is 11.5. The van der Waals surface area contributed by atoms with E-state index in [9.17, 15) is 4.79 Å². The SMILES string of the molecule is COC(=O)c1ccc(-c2n[nH]c3ccc(N)cc23)s1. The van der Waals surface area contributed by atoms with Crippen LogP contribution in [0.4, 0.5) is 5.69 Å². The number of nitrogens with one attached hydrogen (secondary N) is 1. The van der Waals surface area contributed by atoms with Crippen LogP contribution in [-0.2, 0) is 4.74 Å². The average Bonchev–Trinajstić information content (AvgIpc) is 3.03. The van der Waals surface area contributed by atoms with Gasteiger partial charge in [-0.15, -0.1) is 11.3 Å². The van der Waals surface area contributed by atoms with Gasteiger partial charge in [0.05, 0.1) is 17.5 Å². The van der Waals surface area contributed by atoms with E-state index in [4.69, 9.17) is 10.5 Å². The number of nitrogens with two attached hydrogens (primary N) is 1. The van der Waals surface area contributed by atoms with E-state index < -0.39 is 0 Å². The summed E-state index contributed by atoms with van der Waals surface area (Å²) in [6.07, 6.45) is 0. The average molecular weight is 273 g/mol. The van der Waals surface area contributed by atoms with Gasteiger partial charge in [-0.25, -0.2) is 4.79 Å². The van der Waals surface area contributed by atoms with Gasteiger partial charge in [-0.3, -0.25) is 5.10 Å². The first-order valence-electron chi connectivity index (χ1n) is 5.61. The van der Waals surface area contributed by atoms with E-state index in [1.807, 2.05) is 24.3 Å². The fourth-order valence-electron chi connectivity index (χ4n) is 1.89. The lowest BCUT2D eigenvalue weighted by atomic mass is 10.2. The molecular weight excluding hydrogens is 262 g/mol. The minimum Gasteiger partial charge on any atom is -0.465 e. The Hall–Kier alpha value is -2.34. The number of carbonyl (C=O) groups is 1. The Bertz CT molecular complexity index is 760. The van der Waals surface area contributed by atoms with Crippen molar-refractivity contribution in [2.24, 2.45) is 0 Å². The molecular formula is C13H11N3O2S. The normalized spacial score (nSPS) is 10.8. The molecule has 0 aliphatic carbocycles. The molecule has 0 aliphatic rings. The number of thiophene rings is 1. The summed E-state index contributed by atoms with van der Waals surface area (Å²) in [6, 6.07) is 9.16. The topological polar surface area (TPSA) is 81.0 Å². The number of rotatable bonds is 2. The Kier molecular flexibility index (Phi) is 2.72. The largest absolute Gasteiger partial charge is 0.465 e. The van der Waals surface area contributed by atoms with E-state index in [2.05, 4.69) is 10.2 Å². The van der Waals surface area contributed by atoms with Crippen LogP contribution in [0.2, 0.25) is 0 Å². The molecule has 3 aromatic rings. The van der Waals surface area contributed by atoms with E-state index in [-0.39, 0.29) is 5.97 Å². The van der Waals surface area contributed by atoms with Gasteiger partial charge in [0.2, 0.25) is 0 Å². The first kappa shape index (κ1) is 11.7. The van der Waals surface area contributed by atoms with Gasteiger partial charge in [0.1, 0.15) is 10.6 Å². The summed E-state index contributed by atoms with van der Waals surface area (Å²) in [5, 5.41) is 8.18. The lowest BCUT2D eigenvalue weighted by molar-refractivity contribution is 0.0606. The van der Waals surface area contributed by atoms with Crippen LogP contribution in [0.5, 0.6) is 0 Å². The summed E-state index contributed by atoms with van der Waals surface area (Å²) in [4.78, 5) is 12.9. The van der Waals surface area contributed by atoms with Crippen LogP contribution in [0.1, 0.15) is 9.67 Å². The Morgan fingerprint density at radius 1 is 1.37 bits per heavy atom. The second-order valence-electron chi connectivity index (χ2n) is 4.03. The molecule has 0 amide bonds. The highest BCUT2D eigenvalue weighted by Gasteiger charge is 2.14. The molecule has 5 nitrogen and oxygen atoms in total. The van der Waals surface area contributed by atoms with Crippen molar-refractivity contribution in [3.8, 4) is 10.6 Å². The number of methoxy groups -OCH3 is 1. The second-order valence-corrected chi connectivity index (χ2v) is 5.12. The zero-order valence-electron chi connectivity index (χ0n) is 10.1. The van der Waals surface area contributed by atoms with Crippen molar-refractivity contribution in [1.82, 2.24) is 10.2 Å². The fourth-order valence-corrected chi connectivity index (χ4v) is 2.82. The molecule has 0 spiro atoms. The van der Waals surface area contributed by atoms with Crippen LogP contribution in [-0.4, -0.2) is 23.3 Å². The fraction of sp³-hybridized carbons (Fsp3) is 0.0769. The van der Waals surface area contributed by atoms with E-state index in [1.54, 1.807) is 6.07 Å². The van der Waals surface area contributed by atoms with E-state index >= 15 is 0 Å². The summed E-state index contributed by atoms with van der Waals surface area (Å²) in [6.45, 7) is 0. The van der Waals surface area contributed by atoms with Gasteiger partial charge >= 0.3 is 5.97 Å². The summed E-state index contributed by atoms with van der Waals surface area (Å²) in [5.41, 5.74) is 8.18. The third-order valence-corrected chi connectivity index (χ3v) is 3.88. The number of aromatic amines is 1. The zero-order chi connectivity index (χ0) is 13.4. The number of hydrogen-bond donors (Lipinski definition) is 2. The second kappa shape index (κ2) is 4.40. The van der Waals surface area contributed by atoms with Gasteiger partial charge in [-0.1, -0.05) is 0 Å². The molecule has 0 aliphatic heterocycles. The number of nitrogen functional groups attached to an aromatic ring is 1. The van der Waals surface area contributed by atoms with Crippen molar-refractivity contribution in [2.75, 3.05) is 12.8 Å². The van der Waals surface area contributed by atoms with Crippen molar-refractivity contribution in [1.29, 1.82) is 0 Å². The van der Waals surface area contributed by atoms with Crippen molar-refractivity contribution in [2.45, 2.75) is 0 Å². The van der Waals surface area contributed by atoms with Crippen LogP contribution in [0.3, 0.4) is 0 Å². The lowest BCUT2D eigenvalue weighted by Crippen LogP contribution is -1.96. The number of H-pyrrole nitrogens is 1. The molecule has 3 rings (SSSR count). The van der Waals surface area contributed by atoms with Crippen molar-refractivity contribution in [3.05, 3.63) is 35.2 Å². The molecule has 2 aromatic heterocycles. The predicted octanol–water partition coefficient (Wildman–Crippen LogP) is 2.66. The van der Waals surface area contributed by atoms with Gasteiger partial charge in [-0.05, 0) is 30.3 Å². The van der Waals surface area contributed by atoms with Gasteiger partial charge in [0, 0.05) is 11.1 Å². The van der Waals surface area contributed by atoms with Gasteiger partial charge in [0.25, 0.3) is 0 Å². The highest BCUT2D eigenvalue weighted by molar-refractivity contribution is 7.17. The summed E-state index contributed by atoms with van der Waals surface area (Å²) >= 11 is 1.35. The first-order chi connectivity index (χ1) is 9.19. The van der Waals surface area contributed by atoms with E-state index in [0.717, 1.165) is 21.5 Å². The van der Waals surface area contributed by atoms with E-state index in [1.165, 1.54) is 18.4 Å². The third kappa shape index (κ3) is 1.96. The van der Waals surface area contributed by atoms with Crippen molar-refractivity contribution >= 4 is 33.9 Å². The number of carbonyl (C=O) groups excluding carboxylic acids is 1. The van der Waals surface area contributed by atoms with Gasteiger partial charge < -0.3 is 10.5 Å². The Balaban J connectivity index is 2.11. The predicted molar refractivity (Wildman–Crippen MR) is 75.2 cm³/mol. The number of anilines is 1. The number of aromatic nitrogens is 2. The zero-order valence-corrected chi connectivity index (χ0v) is 11.0. The summed E-state index contributed by atoms with van der Waals surface area (Å²) < 4.78 is 4.70. The highest BCUT2D eigenvalue weighted by Crippen LogP contribution is 2.32. The van der Waals surface area contributed by atoms with Crippen LogP contribution in [0.15, 0.2) is 30.3 Å². The van der Waals surface area contributed by atoms with Gasteiger partial charge in [-0.2, -0.15) is 5.10 Å². The summed E-state index contributed by atoms with van der Waals surface area (Å²) in [7, 11) is 1.37. The molecule has 96 valence electrons. The van der Waals surface area contributed by atoms with Crippen molar-refractivity contribution in [3.63, 3.8) is 0 Å². The molecule has 0 saturated carbocycles. The minimum absolute atomic E-state index is 0.337. The molecule has 0 bridgehead atoms. The molecule has 2 heterocycles. The maximum Gasteiger partial charge on any atom is 0.348 e.